The number of hydrogen-bond acceptors (Lipinski definition) is 3. The number of carbonyl (C=O) groups excluding carboxylic acids is 2. The second kappa shape index (κ2) is 8.11. The molecule has 0 heterocycles. The number of carbonyl (C=O) groups is 2. The Morgan fingerprint density at radius 1 is 1.04 bits per heavy atom. The van der Waals surface area contributed by atoms with E-state index in [9.17, 15) is 9.59 Å². The molecule has 0 aromatic heterocycles. The standard InChI is InChI=1S/C20H21NO3/c1-14-11-15(2)20(16(3)12-14)21-18(22)13-24-19(23)10-9-17-7-5-4-6-8-17/h4-12H,13H2,1-3H3,(H,21,22)/b10-9+. The number of rotatable bonds is 5. The number of hydrogen-bond donors (Lipinski definition) is 1. The number of amides is 1. The van der Waals surface area contributed by atoms with Gasteiger partial charge in [-0.1, -0.05) is 48.0 Å². The van der Waals surface area contributed by atoms with Crippen LogP contribution in [0.3, 0.4) is 0 Å². The summed E-state index contributed by atoms with van der Waals surface area (Å²) in [5.41, 5.74) is 4.76. The molecule has 0 spiro atoms. The molecule has 124 valence electrons. The number of anilines is 1. The SMILES string of the molecule is Cc1cc(C)c(NC(=O)COC(=O)/C=C/c2ccccc2)c(C)c1. The van der Waals surface area contributed by atoms with Gasteiger partial charge >= 0.3 is 5.97 Å². The van der Waals surface area contributed by atoms with Crippen LogP contribution in [-0.4, -0.2) is 18.5 Å². The average molecular weight is 323 g/mol. The number of esters is 1. The predicted molar refractivity (Wildman–Crippen MR) is 95.7 cm³/mol. The molecular formula is C20H21NO3. The predicted octanol–water partition coefficient (Wildman–Crippen LogP) is 3.81. The van der Waals surface area contributed by atoms with Crippen molar-refractivity contribution in [2.45, 2.75) is 20.8 Å². The van der Waals surface area contributed by atoms with Crippen LogP contribution >= 0.6 is 0 Å². The summed E-state index contributed by atoms with van der Waals surface area (Å²) in [5, 5.41) is 2.79. The minimum atomic E-state index is -0.550. The van der Waals surface area contributed by atoms with E-state index in [1.807, 2.05) is 63.2 Å². The van der Waals surface area contributed by atoms with E-state index >= 15 is 0 Å². The summed E-state index contributed by atoms with van der Waals surface area (Å²) in [6.45, 7) is 5.56. The van der Waals surface area contributed by atoms with Crippen LogP contribution in [0.2, 0.25) is 0 Å². The van der Waals surface area contributed by atoms with Gasteiger partial charge < -0.3 is 10.1 Å². The van der Waals surface area contributed by atoms with Crippen molar-refractivity contribution in [3.05, 3.63) is 70.8 Å². The highest BCUT2D eigenvalue weighted by atomic mass is 16.5. The first-order valence-electron chi connectivity index (χ1n) is 7.73. The van der Waals surface area contributed by atoms with Gasteiger partial charge in [-0.15, -0.1) is 0 Å². The van der Waals surface area contributed by atoms with Crippen LogP contribution in [0, 0.1) is 20.8 Å². The van der Waals surface area contributed by atoms with E-state index in [-0.39, 0.29) is 12.5 Å². The van der Waals surface area contributed by atoms with Gasteiger partial charge in [0, 0.05) is 11.8 Å². The fraction of sp³-hybridized carbons (Fsp3) is 0.200. The quantitative estimate of drug-likeness (QED) is 0.672. The molecule has 0 aliphatic heterocycles. The molecule has 4 nitrogen and oxygen atoms in total. The lowest BCUT2D eigenvalue weighted by atomic mass is 10.1. The van der Waals surface area contributed by atoms with Gasteiger partial charge in [-0.2, -0.15) is 0 Å². The normalized spacial score (nSPS) is 10.6. The molecule has 24 heavy (non-hydrogen) atoms. The maximum absolute atomic E-state index is 12.0. The molecule has 4 heteroatoms. The third-order valence-electron chi connectivity index (χ3n) is 3.50. The number of benzene rings is 2. The Hall–Kier alpha value is -2.88. The molecule has 2 aromatic rings. The van der Waals surface area contributed by atoms with Crippen LogP contribution in [0.5, 0.6) is 0 Å². The van der Waals surface area contributed by atoms with Gasteiger partial charge in [0.05, 0.1) is 0 Å². The van der Waals surface area contributed by atoms with Crippen LogP contribution in [0.4, 0.5) is 5.69 Å². The molecule has 2 rings (SSSR count). The van der Waals surface area contributed by atoms with Crippen LogP contribution < -0.4 is 5.32 Å². The van der Waals surface area contributed by atoms with Crippen LogP contribution in [-0.2, 0) is 14.3 Å². The molecule has 0 radical (unpaired) electrons. The summed E-state index contributed by atoms with van der Waals surface area (Å²) in [6.07, 6.45) is 2.96. The van der Waals surface area contributed by atoms with Crippen molar-refractivity contribution in [1.82, 2.24) is 0 Å². The van der Waals surface area contributed by atoms with Crippen LogP contribution in [0.25, 0.3) is 6.08 Å². The Bertz CT molecular complexity index is 741. The molecule has 0 aliphatic carbocycles. The molecule has 0 fully saturated rings. The molecule has 1 amide bonds. The second-order valence-electron chi connectivity index (χ2n) is 5.67. The zero-order valence-electron chi connectivity index (χ0n) is 14.1. The van der Waals surface area contributed by atoms with Gasteiger partial charge in [0.15, 0.2) is 6.61 Å². The lowest BCUT2D eigenvalue weighted by Crippen LogP contribution is -2.21. The largest absolute Gasteiger partial charge is 0.452 e. The Morgan fingerprint density at radius 2 is 1.67 bits per heavy atom. The van der Waals surface area contributed by atoms with E-state index in [2.05, 4.69) is 5.32 Å². The third-order valence-corrected chi connectivity index (χ3v) is 3.50. The molecule has 0 saturated heterocycles. The van der Waals surface area contributed by atoms with Gasteiger partial charge in [-0.25, -0.2) is 4.79 Å². The Kier molecular flexibility index (Phi) is 5.90. The topological polar surface area (TPSA) is 55.4 Å². The van der Waals surface area contributed by atoms with Gasteiger partial charge in [0.2, 0.25) is 0 Å². The summed E-state index contributed by atoms with van der Waals surface area (Å²) < 4.78 is 4.96. The lowest BCUT2D eigenvalue weighted by molar-refractivity contribution is -0.142. The van der Waals surface area contributed by atoms with E-state index in [1.54, 1.807) is 6.08 Å². The third kappa shape index (κ3) is 5.09. The minimum absolute atomic E-state index is 0.315. The molecule has 0 bridgehead atoms. The Balaban J connectivity index is 1.87. The van der Waals surface area contributed by atoms with E-state index < -0.39 is 5.97 Å². The Morgan fingerprint density at radius 3 is 2.29 bits per heavy atom. The van der Waals surface area contributed by atoms with Gasteiger partial charge in [-0.3, -0.25) is 4.79 Å². The number of aryl methyl sites for hydroxylation is 3. The van der Waals surface area contributed by atoms with Crippen molar-refractivity contribution in [3.8, 4) is 0 Å². The molecule has 1 N–H and O–H groups in total. The van der Waals surface area contributed by atoms with Crippen LogP contribution in [0.15, 0.2) is 48.5 Å². The molecule has 0 aliphatic rings. The van der Waals surface area contributed by atoms with Gasteiger partial charge in [0.1, 0.15) is 0 Å². The van der Waals surface area contributed by atoms with Crippen LogP contribution in [0.1, 0.15) is 22.3 Å². The molecule has 0 atom stereocenters. The summed E-state index contributed by atoms with van der Waals surface area (Å²) in [5.74, 6) is -0.905. The average Bonchev–Trinajstić information content (AvgIpc) is 2.55. The first-order chi connectivity index (χ1) is 11.5. The molecule has 2 aromatic carbocycles. The van der Waals surface area contributed by atoms with Crippen molar-refractivity contribution >= 4 is 23.6 Å². The van der Waals surface area contributed by atoms with Crippen molar-refractivity contribution in [1.29, 1.82) is 0 Å². The maximum atomic E-state index is 12.0. The van der Waals surface area contributed by atoms with Gasteiger partial charge in [-0.05, 0) is 43.5 Å². The minimum Gasteiger partial charge on any atom is -0.452 e. The second-order valence-corrected chi connectivity index (χ2v) is 5.67. The Labute approximate surface area is 142 Å². The summed E-state index contributed by atoms with van der Waals surface area (Å²) in [6, 6.07) is 13.4. The van der Waals surface area contributed by atoms with Crippen molar-refractivity contribution < 1.29 is 14.3 Å². The number of nitrogens with one attached hydrogen (secondary N) is 1. The monoisotopic (exact) mass is 323 g/mol. The zero-order valence-corrected chi connectivity index (χ0v) is 14.1. The molecule has 0 saturated carbocycles. The summed E-state index contributed by atoms with van der Waals surface area (Å²) >= 11 is 0. The van der Waals surface area contributed by atoms with E-state index in [0.29, 0.717) is 0 Å². The van der Waals surface area contributed by atoms with Gasteiger partial charge in [0.25, 0.3) is 5.91 Å². The highest BCUT2D eigenvalue weighted by Crippen LogP contribution is 2.21. The van der Waals surface area contributed by atoms with E-state index in [0.717, 1.165) is 27.9 Å². The van der Waals surface area contributed by atoms with Crippen molar-refractivity contribution in [3.63, 3.8) is 0 Å². The fourth-order valence-corrected chi connectivity index (χ4v) is 2.47. The maximum Gasteiger partial charge on any atom is 0.331 e. The summed E-state index contributed by atoms with van der Waals surface area (Å²) in [7, 11) is 0. The number of ether oxygens (including phenoxy) is 1. The summed E-state index contributed by atoms with van der Waals surface area (Å²) in [4.78, 5) is 23.6. The zero-order chi connectivity index (χ0) is 17.5. The highest BCUT2D eigenvalue weighted by Gasteiger charge is 2.10. The first-order valence-corrected chi connectivity index (χ1v) is 7.73. The first kappa shape index (κ1) is 17.5. The molecular weight excluding hydrogens is 302 g/mol. The van der Waals surface area contributed by atoms with E-state index in [4.69, 9.17) is 4.74 Å². The molecule has 0 unspecified atom stereocenters. The highest BCUT2D eigenvalue weighted by molar-refractivity contribution is 5.95. The lowest BCUT2D eigenvalue weighted by Gasteiger charge is -2.12. The fourth-order valence-electron chi connectivity index (χ4n) is 2.47. The smallest absolute Gasteiger partial charge is 0.331 e. The van der Waals surface area contributed by atoms with Crippen molar-refractivity contribution in [2.24, 2.45) is 0 Å². The van der Waals surface area contributed by atoms with Crippen molar-refractivity contribution in [2.75, 3.05) is 11.9 Å². The van der Waals surface area contributed by atoms with E-state index in [1.165, 1.54) is 6.08 Å².